The molecule has 2 aromatic rings. The van der Waals surface area contributed by atoms with Gasteiger partial charge in [-0.15, -0.1) is 0 Å². The van der Waals surface area contributed by atoms with Crippen molar-refractivity contribution in [2.45, 2.75) is 32.4 Å². The number of benzene rings is 2. The van der Waals surface area contributed by atoms with Crippen LogP contribution in [-0.2, 0) is 6.54 Å². The van der Waals surface area contributed by atoms with Gasteiger partial charge in [0.2, 0.25) is 0 Å². The highest BCUT2D eigenvalue weighted by Gasteiger charge is 2.25. The van der Waals surface area contributed by atoms with Gasteiger partial charge < -0.3 is 10.2 Å². The number of halogens is 2. The summed E-state index contributed by atoms with van der Waals surface area (Å²) in [4.78, 5) is 2.44. The van der Waals surface area contributed by atoms with E-state index in [1.807, 2.05) is 12.1 Å². The maximum Gasteiger partial charge on any atom is 0.0595 e. The number of anilines is 1. The van der Waals surface area contributed by atoms with Gasteiger partial charge in [0.1, 0.15) is 0 Å². The molecule has 1 heterocycles. The molecule has 1 aliphatic heterocycles. The Morgan fingerprint density at radius 1 is 1.04 bits per heavy atom. The van der Waals surface area contributed by atoms with Crippen molar-refractivity contribution in [3.8, 4) is 0 Å². The lowest BCUT2D eigenvalue weighted by molar-refractivity contribution is 0.411. The summed E-state index contributed by atoms with van der Waals surface area (Å²) >= 11 is 12.2. The molecule has 2 aromatic carbocycles. The predicted molar refractivity (Wildman–Crippen MR) is 99.8 cm³/mol. The van der Waals surface area contributed by atoms with Crippen molar-refractivity contribution < 1.29 is 0 Å². The van der Waals surface area contributed by atoms with Crippen LogP contribution in [0.1, 0.15) is 30.9 Å². The SMILES string of the molecule is CC(C)c1ccc(N(Cc2ccc(Cl)c(Cl)c2)C2CNC2)cc1. The summed E-state index contributed by atoms with van der Waals surface area (Å²) in [5, 5.41) is 4.58. The van der Waals surface area contributed by atoms with E-state index in [9.17, 15) is 0 Å². The fourth-order valence-electron chi connectivity index (χ4n) is 2.81. The molecular formula is C19H22Cl2N2. The van der Waals surface area contributed by atoms with Crippen molar-refractivity contribution in [1.82, 2.24) is 5.32 Å². The molecule has 1 aliphatic rings. The first-order chi connectivity index (χ1) is 11.0. The quantitative estimate of drug-likeness (QED) is 0.808. The van der Waals surface area contributed by atoms with E-state index in [4.69, 9.17) is 23.2 Å². The lowest BCUT2D eigenvalue weighted by Gasteiger charge is -2.40. The zero-order valence-corrected chi connectivity index (χ0v) is 15.0. The lowest BCUT2D eigenvalue weighted by Crippen LogP contribution is -2.57. The Kier molecular flexibility index (Phi) is 5.15. The Morgan fingerprint density at radius 2 is 1.74 bits per heavy atom. The summed E-state index contributed by atoms with van der Waals surface area (Å²) in [6, 6.07) is 15.3. The zero-order valence-electron chi connectivity index (χ0n) is 13.5. The summed E-state index contributed by atoms with van der Waals surface area (Å²) in [6.45, 7) is 7.32. The molecule has 122 valence electrons. The molecule has 1 N–H and O–H groups in total. The van der Waals surface area contributed by atoms with Crippen LogP contribution in [0.3, 0.4) is 0 Å². The molecule has 0 spiro atoms. The van der Waals surface area contributed by atoms with Gasteiger partial charge in [0.05, 0.1) is 16.1 Å². The van der Waals surface area contributed by atoms with E-state index in [1.165, 1.54) is 16.8 Å². The van der Waals surface area contributed by atoms with E-state index in [0.29, 0.717) is 22.0 Å². The molecule has 0 aliphatic carbocycles. The molecule has 4 heteroatoms. The van der Waals surface area contributed by atoms with E-state index in [2.05, 4.69) is 54.4 Å². The molecule has 0 amide bonds. The number of hydrogen-bond acceptors (Lipinski definition) is 2. The second kappa shape index (κ2) is 7.12. The maximum absolute atomic E-state index is 6.16. The molecule has 0 saturated carbocycles. The largest absolute Gasteiger partial charge is 0.362 e. The molecule has 2 nitrogen and oxygen atoms in total. The average Bonchev–Trinajstić information content (AvgIpc) is 2.48. The van der Waals surface area contributed by atoms with Gasteiger partial charge in [0.15, 0.2) is 0 Å². The van der Waals surface area contributed by atoms with Gasteiger partial charge in [-0.2, -0.15) is 0 Å². The Hall–Kier alpha value is -1.22. The highest BCUT2D eigenvalue weighted by Crippen LogP contribution is 2.27. The molecule has 0 aromatic heterocycles. The highest BCUT2D eigenvalue weighted by molar-refractivity contribution is 6.42. The Labute approximate surface area is 148 Å². The van der Waals surface area contributed by atoms with Crippen molar-refractivity contribution in [2.24, 2.45) is 0 Å². The summed E-state index contributed by atoms with van der Waals surface area (Å²) < 4.78 is 0. The first-order valence-electron chi connectivity index (χ1n) is 8.06. The molecule has 3 rings (SSSR count). The van der Waals surface area contributed by atoms with Crippen LogP contribution in [0.2, 0.25) is 10.0 Å². The Bertz CT molecular complexity index is 664. The second-order valence-corrected chi connectivity index (χ2v) is 7.25. The fraction of sp³-hybridized carbons (Fsp3) is 0.368. The van der Waals surface area contributed by atoms with Crippen LogP contribution >= 0.6 is 23.2 Å². The van der Waals surface area contributed by atoms with Crippen molar-refractivity contribution in [3.63, 3.8) is 0 Å². The van der Waals surface area contributed by atoms with Crippen molar-refractivity contribution in [2.75, 3.05) is 18.0 Å². The van der Waals surface area contributed by atoms with E-state index in [1.54, 1.807) is 0 Å². The Morgan fingerprint density at radius 3 is 2.26 bits per heavy atom. The number of nitrogens with zero attached hydrogens (tertiary/aromatic N) is 1. The van der Waals surface area contributed by atoms with Crippen LogP contribution in [-0.4, -0.2) is 19.1 Å². The van der Waals surface area contributed by atoms with Gasteiger partial charge >= 0.3 is 0 Å². The van der Waals surface area contributed by atoms with E-state index < -0.39 is 0 Å². The van der Waals surface area contributed by atoms with Crippen molar-refractivity contribution in [3.05, 3.63) is 63.6 Å². The molecular weight excluding hydrogens is 327 g/mol. The minimum atomic E-state index is 0.523. The highest BCUT2D eigenvalue weighted by atomic mass is 35.5. The number of nitrogens with one attached hydrogen (secondary N) is 1. The zero-order chi connectivity index (χ0) is 16.4. The standard InChI is InChI=1S/C19H22Cl2N2/c1-13(2)15-4-6-16(7-5-15)23(17-10-22-11-17)12-14-3-8-18(20)19(21)9-14/h3-9,13,17,22H,10-12H2,1-2H3. The van der Waals surface area contributed by atoms with E-state index >= 15 is 0 Å². The molecule has 0 radical (unpaired) electrons. The van der Waals surface area contributed by atoms with Gasteiger partial charge in [-0.25, -0.2) is 0 Å². The van der Waals surface area contributed by atoms with Gasteiger partial charge in [-0.1, -0.05) is 55.2 Å². The maximum atomic E-state index is 6.16. The van der Waals surface area contributed by atoms with Gasteiger partial charge in [-0.3, -0.25) is 0 Å². The molecule has 0 bridgehead atoms. The molecule has 23 heavy (non-hydrogen) atoms. The predicted octanol–water partition coefficient (Wildman–Crippen LogP) is 5.10. The molecule has 1 fully saturated rings. The lowest BCUT2D eigenvalue weighted by atomic mass is 10.0. The number of rotatable bonds is 5. The normalized spacial score (nSPS) is 14.8. The van der Waals surface area contributed by atoms with Gasteiger partial charge in [0.25, 0.3) is 0 Å². The first kappa shape index (κ1) is 16.6. The summed E-state index contributed by atoms with van der Waals surface area (Å²) in [7, 11) is 0. The topological polar surface area (TPSA) is 15.3 Å². The summed E-state index contributed by atoms with van der Waals surface area (Å²) in [6.07, 6.45) is 0. The fourth-order valence-corrected chi connectivity index (χ4v) is 3.13. The third-order valence-electron chi connectivity index (χ3n) is 4.43. The Balaban J connectivity index is 1.84. The average molecular weight is 349 g/mol. The molecule has 1 saturated heterocycles. The van der Waals surface area contributed by atoms with Crippen LogP contribution in [0, 0.1) is 0 Å². The second-order valence-electron chi connectivity index (χ2n) is 6.43. The smallest absolute Gasteiger partial charge is 0.0595 e. The summed E-state index contributed by atoms with van der Waals surface area (Å²) in [5.41, 5.74) is 3.81. The van der Waals surface area contributed by atoms with Crippen LogP contribution in [0.25, 0.3) is 0 Å². The third-order valence-corrected chi connectivity index (χ3v) is 5.17. The van der Waals surface area contributed by atoms with Crippen LogP contribution < -0.4 is 10.2 Å². The van der Waals surface area contributed by atoms with Crippen LogP contribution in [0.15, 0.2) is 42.5 Å². The number of hydrogen-bond donors (Lipinski definition) is 1. The van der Waals surface area contributed by atoms with Crippen LogP contribution in [0.4, 0.5) is 5.69 Å². The minimum Gasteiger partial charge on any atom is -0.362 e. The molecule has 0 unspecified atom stereocenters. The van der Waals surface area contributed by atoms with Crippen molar-refractivity contribution in [1.29, 1.82) is 0 Å². The van der Waals surface area contributed by atoms with Crippen molar-refractivity contribution >= 4 is 28.9 Å². The monoisotopic (exact) mass is 348 g/mol. The first-order valence-corrected chi connectivity index (χ1v) is 8.81. The van der Waals surface area contributed by atoms with E-state index in [-0.39, 0.29) is 0 Å². The van der Waals surface area contributed by atoms with Crippen LogP contribution in [0.5, 0.6) is 0 Å². The van der Waals surface area contributed by atoms with Gasteiger partial charge in [0, 0.05) is 25.3 Å². The van der Waals surface area contributed by atoms with Gasteiger partial charge in [-0.05, 0) is 41.3 Å². The molecule has 0 atom stereocenters. The summed E-state index contributed by atoms with van der Waals surface area (Å²) in [5.74, 6) is 0.554. The van der Waals surface area contributed by atoms with E-state index in [0.717, 1.165) is 19.6 Å². The minimum absolute atomic E-state index is 0.523. The third kappa shape index (κ3) is 3.82.